The normalized spacial score (nSPS) is 11.3. The highest BCUT2D eigenvalue weighted by Crippen LogP contribution is 2.21. The zero-order valence-corrected chi connectivity index (χ0v) is 8.29. The number of anilines is 1. The number of rotatable bonds is 1. The Balaban J connectivity index is 3.03. The maximum atomic E-state index is 11.8. The van der Waals surface area contributed by atoms with Gasteiger partial charge in [-0.2, -0.15) is 0 Å². The fourth-order valence-electron chi connectivity index (χ4n) is 1.11. The van der Waals surface area contributed by atoms with Gasteiger partial charge in [0.1, 0.15) is 0 Å². The first-order valence-corrected chi connectivity index (χ1v) is 4.31. The van der Waals surface area contributed by atoms with Gasteiger partial charge >= 0.3 is 0 Å². The summed E-state index contributed by atoms with van der Waals surface area (Å²) in [5.41, 5.74) is 6.57. The van der Waals surface area contributed by atoms with E-state index in [0.717, 1.165) is 0 Å². The number of hydrogen-bond acceptors (Lipinski definition) is 2. The third kappa shape index (κ3) is 2.31. The van der Waals surface area contributed by atoms with Gasteiger partial charge in [-0.3, -0.25) is 4.79 Å². The van der Waals surface area contributed by atoms with Crippen LogP contribution in [-0.4, -0.2) is 5.78 Å². The van der Waals surface area contributed by atoms with Gasteiger partial charge in [-0.15, -0.1) is 0 Å². The van der Waals surface area contributed by atoms with E-state index in [1.165, 1.54) is 0 Å². The van der Waals surface area contributed by atoms with Crippen LogP contribution in [0.1, 0.15) is 31.1 Å². The van der Waals surface area contributed by atoms with E-state index in [2.05, 4.69) is 0 Å². The molecule has 13 heavy (non-hydrogen) atoms. The third-order valence-electron chi connectivity index (χ3n) is 1.83. The average molecular weight is 177 g/mol. The number of hydrogen-bond donors (Lipinski definition) is 1. The van der Waals surface area contributed by atoms with Gasteiger partial charge in [0.15, 0.2) is 5.78 Å². The van der Waals surface area contributed by atoms with Crippen molar-refractivity contribution in [3.05, 3.63) is 29.8 Å². The molecule has 0 radical (unpaired) electrons. The molecule has 0 aliphatic rings. The van der Waals surface area contributed by atoms with E-state index in [9.17, 15) is 4.79 Å². The van der Waals surface area contributed by atoms with Crippen molar-refractivity contribution in [2.24, 2.45) is 5.41 Å². The predicted octanol–water partition coefficient (Wildman–Crippen LogP) is 2.50. The van der Waals surface area contributed by atoms with E-state index in [1.54, 1.807) is 24.3 Å². The van der Waals surface area contributed by atoms with E-state index in [0.29, 0.717) is 11.3 Å². The summed E-state index contributed by atoms with van der Waals surface area (Å²) in [5.74, 6) is 0.125. The van der Waals surface area contributed by atoms with Crippen molar-refractivity contribution in [3.8, 4) is 0 Å². The highest BCUT2D eigenvalue weighted by atomic mass is 16.1. The summed E-state index contributed by atoms with van der Waals surface area (Å²) >= 11 is 0. The molecule has 2 nitrogen and oxygen atoms in total. The molecule has 0 aliphatic heterocycles. The minimum absolute atomic E-state index is 0.125. The molecular formula is C11H15NO. The standard InChI is InChI=1S/C11H15NO/c1-11(2,3)10(13)8-5-4-6-9(12)7-8/h4-7H,12H2,1-3H3. The Morgan fingerprint density at radius 1 is 1.31 bits per heavy atom. The lowest BCUT2D eigenvalue weighted by atomic mass is 9.86. The summed E-state index contributed by atoms with van der Waals surface area (Å²) in [4.78, 5) is 11.8. The van der Waals surface area contributed by atoms with E-state index in [1.807, 2.05) is 20.8 Å². The van der Waals surface area contributed by atoms with E-state index in [-0.39, 0.29) is 11.2 Å². The second kappa shape index (κ2) is 3.21. The van der Waals surface area contributed by atoms with Crippen LogP contribution >= 0.6 is 0 Å². The first-order chi connectivity index (χ1) is 5.91. The molecule has 0 amide bonds. The maximum absolute atomic E-state index is 11.8. The van der Waals surface area contributed by atoms with Crippen LogP contribution in [0, 0.1) is 5.41 Å². The average Bonchev–Trinajstić information content (AvgIpc) is 2.01. The van der Waals surface area contributed by atoms with E-state index < -0.39 is 0 Å². The summed E-state index contributed by atoms with van der Waals surface area (Å²) in [6, 6.07) is 7.09. The van der Waals surface area contributed by atoms with Crippen LogP contribution < -0.4 is 5.73 Å². The largest absolute Gasteiger partial charge is 0.399 e. The minimum atomic E-state index is -0.339. The molecule has 0 aliphatic carbocycles. The molecule has 0 bridgehead atoms. The molecule has 0 fully saturated rings. The molecule has 1 rings (SSSR count). The molecule has 0 heterocycles. The third-order valence-corrected chi connectivity index (χ3v) is 1.83. The van der Waals surface area contributed by atoms with E-state index >= 15 is 0 Å². The Hall–Kier alpha value is -1.31. The van der Waals surface area contributed by atoms with Crippen molar-refractivity contribution in [3.63, 3.8) is 0 Å². The van der Waals surface area contributed by atoms with Gasteiger partial charge < -0.3 is 5.73 Å². The molecule has 2 heteroatoms. The second-order valence-electron chi connectivity index (χ2n) is 4.20. The molecule has 0 aromatic heterocycles. The summed E-state index contributed by atoms with van der Waals surface area (Å²) in [6.45, 7) is 5.70. The van der Waals surface area contributed by atoms with Crippen molar-refractivity contribution in [1.82, 2.24) is 0 Å². The zero-order valence-electron chi connectivity index (χ0n) is 8.29. The summed E-state index contributed by atoms with van der Waals surface area (Å²) < 4.78 is 0. The number of ketones is 1. The van der Waals surface area contributed by atoms with Gasteiger partial charge in [0.05, 0.1) is 0 Å². The number of Topliss-reactive ketones (excluding diaryl/α,β-unsaturated/α-hetero) is 1. The van der Waals surface area contributed by atoms with E-state index in [4.69, 9.17) is 5.73 Å². The zero-order chi connectivity index (χ0) is 10.1. The summed E-state index contributed by atoms with van der Waals surface area (Å²) in [5, 5.41) is 0. The van der Waals surface area contributed by atoms with Gasteiger partial charge in [0, 0.05) is 16.7 Å². The Kier molecular flexibility index (Phi) is 2.41. The van der Waals surface area contributed by atoms with Gasteiger partial charge in [-0.05, 0) is 12.1 Å². The molecule has 1 aromatic carbocycles. The summed E-state index contributed by atoms with van der Waals surface area (Å²) in [7, 11) is 0. The fourth-order valence-corrected chi connectivity index (χ4v) is 1.11. The Labute approximate surface area is 78.8 Å². The Morgan fingerprint density at radius 2 is 1.92 bits per heavy atom. The number of carbonyl (C=O) groups is 1. The molecule has 0 atom stereocenters. The van der Waals surface area contributed by atoms with Crippen LogP contribution in [0.5, 0.6) is 0 Å². The molecular weight excluding hydrogens is 162 g/mol. The highest BCUT2D eigenvalue weighted by molar-refractivity contribution is 6.00. The van der Waals surface area contributed by atoms with Crippen molar-refractivity contribution < 1.29 is 4.79 Å². The maximum Gasteiger partial charge on any atom is 0.168 e. The number of nitrogens with two attached hydrogens (primary N) is 1. The Bertz CT molecular complexity index is 323. The molecule has 0 spiro atoms. The lowest BCUT2D eigenvalue weighted by Gasteiger charge is -2.16. The first kappa shape index (κ1) is 9.78. The molecule has 1 aromatic rings. The highest BCUT2D eigenvalue weighted by Gasteiger charge is 2.22. The quantitative estimate of drug-likeness (QED) is 0.529. The first-order valence-electron chi connectivity index (χ1n) is 4.31. The van der Waals surface area contributed by atoms with Crippen molar-refractivity contribution in [2.75, 3.05) is 5.73 Å². The van der Waals surface area contributed by atoms with Gasteiger partial charge in [0.2, 0.25) is 0 Å². The van der Waals surface area contributed by atoms with Crippen LogP contribution in [0.2, 0.25) is 0 Å². The monoisotopic (exact) mass is 177 g/mol. The van der Waals surface area contributed by atoms with Crippen molar-refractivity contribution >= 4 is 11.5 Å². The smallest absolute Gasteiger partial charge is 0.168 e. The van der Waals surface area contributed by atoms with Crippen LogP contribution in [0.25, 0.3) is 0 Å². The topological polar surface area (TPSA) is 43.1 Å². The van der Waals surface area contributed by atoms with Crippen LogP contribution in [0.15, 0.2) is 24.3 Å². The molecule has 0 saturated carbocycles. The Morgan fingerprint density at radius 3 is 2.38 bits per heavy atom. The number of nitrogen functional groups attached to an aromatic ring is 1. The number of benzene rings is 1. The molecule has 0 saturated heterocycles. The van der Waals surface area contributed by atoms with Crippen molar-refractivity contribution in [2.45, 2.75) is 20.8 Å². The van der Waals surface area contributed by atoms with Crippen molar-refractivity contribution in [1.29, 1.82) is 0 Å². The lowest BCUT2D eigenvalue weighted by Crippen LogP contribution is -2.20. The fraction of sp³-hybridized carbons (Fsp3) is 0.364. The lowest BCUT2D eigenvalue weighted by molar-refractivity contribution is 0.0858. The van der Waals surface area contributed by atoms with Crippen LogP contribution in [-0.2, 0) is 0 Å². The predicted molar refractivity (Wildman–Crippen MR) is 54.6 cm³/mol. The molecule has 2 N–H and O–H groups in total. The molecule has 0 unspecified atom stereocenters. The SMILES string of the molecule is CC(C)(C)C(=O)c1cccc(N)c1. The van der Waals surface area contributed by atoms with Crippen LogP contribution in [0.3, 0.4) is 0 Å². The second-order valence-corrected chi connectivity index (χ2v) is 4.20. The van der Waals surface area contributed by atoms with Gasteiger partial charge in [0.25, 0.3) is 0 Å². The van der Waals surface area contributed by atoms with Crippen LogP contribution in [0.4, 0.5) is 5.69 Å². The van der Waals surface area contributed by atoms with Gasteiger partial charge in [-0.25, -0.2) is 0 Å². The van der Waals surface area contributed by atoms with Gasteiger partial charge in [-0.1, -0.05) is 32.9 Å². The summed E-state index contributed by atoms with van der Waals surface area (Å²) in [6.07, 6.45) is 0. The number of carbonyl (C=O) groups excluding carboxylic acids is 1. The minimum Gasteiger partial charge on any atom is -0.399 e. The molecule has 70 valence electrons.